The molecule has 0 saturated carbocycles. The highest BCUT2D eigenvalue weighted by Crippen LogP contribution is 2.11. The summed E-state index contributed by atoms with van der Waals surface area (Å²) in [5.74, 6) is 0.786. The zero-order valence-corrected chi connectivity index (χ0v) is 8.03. The second-order valence-electron chi connectivity index (χ2n) is 2.98. The van der Waals surface area contributed by atoms with Crippen LogP contribution in [-0.2, 0) is 4.79 Å². The third-order valence-electron chi connectivity index (χ3n) is 1.53. The van der Waals surface area contributed by atoms with Gasteiger partial charge in [-0.05, 0) is 12.1 Å². The largest absolute Gasteiger partial charge is 0.363 e. The maximum Gasteiger partial charge on any atom is 0.221 e. The van der Waals surface area contributed by atoms with Gasteiger partial charge in [0.05, 0.1) is 11.9 Å². The molecule has 1 rings (SSSR count). The van der Waals surface area contributed by atoms with Gasteiger partial charge in [0.15, 0.2) is 0 Å². The molecule has 0 aliphatic carbocycles. The highest BCUT2D eigenvalue weighted by atomic mass is 16.1. The molecule has 0 bridgehead atoms. The summed E-state index contributed by atoms with van der Waals surface area (Å²) in [7, 11) is 3.83. The Labute approximate surface area is 77.6 Å². The molecule has 0 fully saturated rings. The van der Waals surface area contributed by atoms with Gasteiger partial charge in [-0.25, -0.2) is 4.98 Å². The molecule has 0 aliphatic heterocycles. The van der Waals surface area contributed by atoms with E-state index in [-0.39, 0.29) is 5.91 Å². The van der Waals surface area contributed by atoms with Crippen molar-refractivity contribution in [3.05, 3.63) is 18.3 Å². The Hall–Kier alpha value is -1.58. The molecule has 1 aromatic rings. The lowest BCUT2D eigenvalue weighted by atomic mass is 10.4. The number of hydrogen-bond acceptors (Lipinski definition) is 3. The number of carbonyl (C=O) groups excluding carboxylic acids is 1. The van der Waals surface area contributed by atoms with Crippen LogP contribution in [0.5, 0.6) is 0 Å². The number of anilines is 2. The van der Waals surface area contributed by atoms with Gasteiger partial charge >= 0.3 is 0 Å². The Kier molecular flexibility index (Phi) is 2.84. The third-order valence-corrected chi connectivity index (χ3v) is 1.53. The fourth-order valence-corrected chi connectivity index (χ4v) is 0.928. The molecule has 0 radical (unpaired) electrons. The second-order valence-corrected chi connectivity index (χ2v) is 2.98. The van der Waals surface area contributed by atoms with Crippen LogP contribution in [0.2, 0.25) is 0 Å². The summed E-state index contributed by atoms with van der Waals surface area (Å²) in [5.41, 5.74) is 0.720. The van der Waals surface area contributed by atoms with Gasteiger partial charge < -0.3 is 10.2 Å². The van der Waals surface area contributed by atoms with E-state index in [0.29, 0.717) is 0 Å². The Morgan fingerprint density at radius 3 is 2.54 bits per heavy atom. The zero-order chi connectivity index (χ0) is 9.84. The standard InChI is InChI=1S/C9H13N3O/c1-7(13)11-8-4-5-9(10-6-8)12(2)3/h4-6H,1-3H3,(H,11,13). The van der Waals surface area contributed by atoms with E-state index in [1.807, 2.05) is 31.1 Å². The molecule has 0 aliphatic rings. The van der Waals surface area contributed by atoms with Gasteiger partial charge in [-0.1, -0.05) is 0 Å². The van der Waals surface area contributed by atoms with Gasteiger partial charge in [-0.2, -0.15) is 0 Å². The molecular weight excluding hydrogens is 166 g/mol. The van der Waals surface area contributed by atoms with Crippen LogP contribution in [0.4, 0.5) is 11.5 Å². The lowest BCUT2D eigenvalue weighted by Gasteiger charge is -2.11. The van der Waals surface area contributed by atoms with Gasteiger partial charge in [0.2, 0.25) is 5.91 Å². The van der Waals surface area contributed by atoms with Crippen molar-refractivity contribution in [3.63, 3.8) is 0 Å². The van der Waals surface area contributed by atoms with Gasteiger partial charge in [-0.15, -0.1) is 0 Å². The molecule has 1 amide bonds. The number of amides is 1. The summed E-state index contributed by atoms with van der Waals surface area (Å²) in [6, 6.07) is 3.68. The first kappa shape index (κ1) is 9.51. The molecule has 0 atom stereocenters. The van der Waals surface area contributed by atoms with E-state index < -0.39 is 0 Å². The van der Waals surface area contributed by atoms with Gasteiger partial charge in [0, 0.05) is 21.0 Å². The summed E-state index contributed by atoms with van der Waals surface area (Å²) in [4.78, 5) is 16.7. The maximum absolute atomic E-state index is 10.7. The van der Waals surface area contributed by atoms with Crippen molar-refractivity contribution in [2.45, 2.75) is 6.92 Å². The van der Waals surface area contributed by atoms with Crippen molar-refractivity contribution in [1.29, 1.82) is 0 Å². The van der Waals surface area contributed by atoms with Crippen LogP contribution in [0.1, 0.15) is 6.92 Å². The van der Waals surface area contributed by atoms with E-state index in [0.717, 1.165) is 11.5 Å². The van der Waals surface area contributed by atoms with Crippen LogP contribution < -0.4 is 10.2 Å². The Balaban J connectivity index is 2.75. The number of pyridine rings is 1. The number of rotatable bonds is 2. The average molecular weight is 179 g/mol. The molecular formula is C9H13N3O. The predicted octanol–water partition coefficient (Wildman–Crippen LogP) is 1.11. The lowest BCUT2D eigenvalue weighted by molar-refractivity contribution is -0.114. The van der Waals surface area contributed by atoms with Crippen LogP contribution >= 0.6 is 0 Å². The van der Waals surface area contributed by atoms with Gasteiger partial charge in [0.1, 0.15) is 5.82 Å². The van der Waals surface area contributed by atoms with Crippen molar-refractivity contribution in [2.75, 3.05) is 24.3 Å². The number of nitrogens with one attached hydrogen (secondary N) is 1. The minimum absolute atomic E-state index is 0.0839. The fraction of sp³-hybridized carbons (Fsp3) is 0.333. The number of carbonyl (C=O) groups is 1. The van der Waals surface area contributed by atoms with Gasteiger partial charge in [0.25, 0.3) is 0 Å². The highest BCUT2D eigenvalue weighted by molar-refractivity contribution is 5.88. The first-order valence-corrected chi connectivity index (χ1v) is 4.00. The van der Waals surface area contributed by atoms with Crippen LogP contribution in [0.15, 0.2) is 18.3 Å². The lowest BCUT2D eigenvalue weighted by Crippen LogP contribution is -2.11. The van der Waals surface area contributed by atoms with Crippen molar-refractivity contribution in [1.82, 2.24) is 4.98 Å². The first-order valence-electron chi connectivity index (χ1n) is 4.00. The minimum atomic E-state index is -0.0839. The van der Waals surface area contributed by atoms with E-state index in [1.54, 1.807) is 6.20 Å². The zero-order valence-electron chi connectivity index (χ0n) is 8.03. The summed E-state index contributed by atoms with van der Waals surface area (Å²) < 4.78 is 0. The van der Waals surface area contributed by atoms with Crippen LogP contribution in [0.25, 0.3) is 0 Å². The summed E-state index contributed by atoms with van der Waals surface area (Å²) in [6.07, 6.45) is 1.64. The van der Waals surface area contributed by atoms with Crippen molar-refractivity contribution >= 4 is 17.4 Å². The fourth-order valence-electron chi connectivity index (χ4n) is 0.928. The molecule has 0 spiro atoms. The first-order chi connectivity index (χ1) is 6.09. The van der Waals surface area contributed by atoms with Crippen LogP contribution in [0.3, 0.4) is 0 Å². The Morgan fingerprint density at radius 2 is 2.15 bits per heavy atom. The summed E-state index contributed by atoms with van der Waals surface area (Å²) in [6.45, 7) is 1.47. The average Bonchev–Trinajstić information content (AvgIpc) is 2.04. The molecule has 0 aromatic carbocycles. The molecule has 1 N–H and O–H groups in total. The third kappa shape index (κ3) is 2.74. The monoisotopic (exact) mass is 179 g/mol. The highest BCUT2D eigenvalue weighted by Gasteiger charge is 1.98. The summed E-state index contributed by atoms with van der Waals surface area (Å²) in [5, 5.41) is 2.65. The van der Waals surface area contributed by atoms with Crippen molar-refractivity contribution < 1.29 is 4.79 Å². The van der Waals surface area contributed by atoms with Crippen LogP contribution in [-0.4, -0.2) is 25.0 Å². The summed E-state index contributed by atoms with van der Waals surface area (Å²) >= 11 is 0. The molecule has 1 aromatic heterocycles. The van der Waals surface area contributed by atoms with E-state index in [1.165, 1.54) is 6.92 Å². The van der Waals surface area contributed by atoms with Crippen molar-refractivity contribution in [2.24, 2.45) is 0 Å². The van der Waals surface area contributed by atoms with E-state index >= 15 is 0 Å². The van der Waals surface area contributed by atoms with E-state index in [2.05, 4.69) is 10.3 Å². The number of hydrogen-bond donors (Lipinski definition) is 1. The van der Waals surface area contributed by atoms with E-state index in [9.17, 15) is 4.79 Å². The molecule has 1 heterocycles. The number of nitrogens with zero attached hydrogens (tertiary/aromatic N) is 2. The molecule has 13 heavy (non-hydrogen) atoms. The topological polar surface area (TPSA) is 45.2 Å². The minimum Gasteiger partial charge on any atom is -0.363 e. The Bertz CT molecular complexity index is 292. The SMILES string of the molecule is CC(=O)Nc1ccc(N(C)C)nc1. The molecule has 70 valence electrons. The maximum atomic E-state index is 10.7. The molecule has 0 saturated heterocycles. The normalized spacial score (nSPS) is 9.46. The van der Waals surface area contributed by atoms with Gasteiger partial charge in [-0.3, -0.25) is 4.79 Å². The smallest absolute Gasteiger partial charge is 0.221 e. The predicted molar refractivity (Wildman–Crippen MR) is 52.9 cm³/mol. The molecule has 0 unspecified atom stereocenters. The number of aromatic nitrogens is 1. The van der Waals surface area contributed by atoms with Crippen molar-refractivity contribution in [3.8, 4) is 0 Å². The molecule has 4 heteroatoms. The second kappa shape index (κ2) is 3.89. The Morgan fingerprint density at radius 1 is 1.46 bits per heavy atom. The molecule has 4 nitrogen and oxygen atoms in total. The van der Waals surface area contributed by atoms with Crippen LogP contribution in [0, 0.1) is 0 Å². The quantitative estimate of drug-likeness (QED) is 0.739. The van der Waals surface area contributed by atoms with E-state index in [4.69, 9.17) is 0 Å².